The number of carbonyl (C=O) groups excluding carboxylic acids is 10. The van der Waals surface area contributed by atoms with E-state index in [9.17, 15) is 73.2 Å². The predicted octanol–water partition coefficient (Wildman–Crippen LogP) is -6.01. The summed E-state index contributed by atoms with van der Waals surface area (Å²) in [5.41, 5.74) is 16.9. The zero-order chi connectivity index (χ0) is 52.3. The van der Waals surface area contributed by atoms with E-state index < -0.39 is 163 Å². The van der Waals surface area contributed by atoms with Crippen molar-refractivity contribution in [1.82, 2.24) is 42.1 Å². The van der Waals surface area contributed by atoms with Crippen LogP contribution in [0.15, 0.2) is 30.3 Å². The van der Waals surface area contributed by atoms with Crippen molar-refractivity contribution in [1.29, 1.82) is 0 Å². The smallest absolute Gasteiger partial charge is 0.326 e. The normalized spacial score (nSPS) is 18.1. The summed E-state index contributed by atoms with van der Waals surface area (Å²) < 4.78 is 0. The Balaban J connectivity index is 2.31. The van der Waals surface area contributed by atoms with Crippen molar-refractivity contribution in [2.24, 2.45) is 23.1 Å². The second-order valence-electron chi connectivity index (χ2n) is 16.9. The first-order valence-electron chi connectivity index (χ1n) is 22.3. The predicted molar refractivity (Wildman–Crippen MR) is 242 cm³/mol. The third-order valence-electron chi connectivity index (χ3n) is 11.3. The summed E-state index contributed by atoms with van der Waals surface area (Å²) in [4.78, 5) is 144. The Labute approximate surface area is 398 Å². The second kappa shape index (κ2) is 27.9. The fraction of sp³-hybridized carbons (Fsp3) is 0.605. The van der Waals surface area contributed by atoms with Crippen molar-refractivity contribution in [3.05, 3.63) is 35.9 Å². The van der Waals surface area contributed by atoms with Gasteiger partial charge in [0.05, 0.1) is 31.3 Å². The van der Waals surface area contributed by atoms with E-state index in [-0.39, 0.29) is 19.4 Å². The van der Waals surface area contributed by atoms with Crippen molar-refractivity contribution >= 4 is 65.0 Å². The molecule has 1 saturated heterocycles. The molecule has 0 saturated carbocycles. The quantitative estimate of drug-likeness (QED) is 0.0372. The number of likely N-dealkylation sites (tertiary alicyclic amines) is 1. The van der Waals surface area contributed by atoms with Crippen LogP contribution < -0.4 is 54.4 Å². The Morgan fingerprint density at radius 3 is 1.72 bits per heavy atom. The number of carboxylic acid groups (broad SMARTS) is 1. The number of primary amides is 2. The van der Waals surface area contributed by atoms with Gasteiger partial charge in [0.2, 0.25) is 59.1 Å². The molecule has 1 aromatic carbocycles. The topological polar surface area (TPSA) is 434 Å². The fourth-order valence-electron chi connectivity index (χ4n) is 7.03. The van der Waals surface area contributed by atoms with Crippen LogP contribution in [-0.2, 0) is 59.2 Å². The molecule has 0 aromatic heterocycles. The van der Waals surface area contributed by atoms with Gasteiger partial charge in [-0.25, -0.2) is 4.79 Å². The van der Waals surface area contributed by atoms with Crippen LogP contribution in [0.2, 0.25) is 0 Å². The molecule has 384 valence electrons. The molecular weight excluding hydrogens is 911 g/mol. The van der Waals surface area contributed by atoms with E-state index in [0.717, 1.165) is 13.8 Å². The maximum Gasteiger partial charge on any atom is 0.326 e. The number of carbonyl (C=O) groups is 11. The summed E-state index contributed by atoms with van der Waals surface area (Å²) in [5.74, 6) is -12.0. The zero-order valence-electron chi connectivity index (χ0n) is 39.1. The molecule has 1 aliphatic heterocycles. The summed E-state index contributed by atoms with van der Waals surface area (Å²) in [6.07, 6.45) is -5.55. The molecule has 10 amide bonds. The number of hydrogen-bond donors (Lipinski definition) is 14. The molecule has 1 aromatic rings. The molecular formula is C43H67N11O15. The van der Waals surface area contributed by atoms with Crippen molar-refractivity contribution in [3.63, 3.8) is 0 Å². The molecule has 17 N–H and O–H groups in total. The lowest BCUT2D eigenvalue weighted by Crippen LogP contribution is -2.62. The van der Waals surface area contributed by atoms with Crippen LogP contribution in [0.25, 0.3) is 0 Å². The SMILES string of the molecule is CC[C@H](C)[C@H](NC(=O)[C@H](CCC(N)=O)NC(=O)[C@H](CC(N)=O)NC(=O)[C@@H](NC(=O)[C@H](Cc1ccccc1)NC(=O)[C@@H](NC(=O)CNC(=O)[C@@H]1CCCN1C(=O)[C@@H](N)[C@@H](C)O)[C@@H](C)O)[C@@H](C)O)C(=O)O. The highest BCUT2D eigenvalue weighted by Crippen LogP contribution is 2.19. The van der Waals surface area contributed by atoms with Gasteiger partial charge >= 0.3 is 5.97 Å². The maximum absolute atomic E-state index is 14.0. The lowest BCUT2D eigenvalue weighted by Gasteiger charge is -2.29. The van der Waals surface area contributed by atoms with Gasteiger partial charge in [-0.1, -0.05) is 50.6 Å². The van der Waals surface area contributed by atoms with Crippen molar-refractivity contribution in [2.75, 3.05) is 13.1 Å². The number of amides is 10. The minimum Gasteiger partial charge on any atom is -0.480 e. The van der Waals surface area contributed by atoms with Crippen LogP contribution in [0.4, 0.5) is 0 Å². The zero-order valence-corrected chi connectivity index (χ0v) is 39.1. The maximum atomic E-state index is 14.0. The van der Waals surface area contributed by atoms with Gasteiger partial charge in [0.15, 0.2) is 0 Å². The summed E-state index contributed by atoms with van der Waals surface area (Å²) in [6.45, 7) is 6.26. The molecule has 26 heteroatoms. The number of aliphatic hydroxyl groups excluding tert-OH is 3. The minimum atomic E-state index is -1.92. The molecule has 69 heavy (non-hydrogen) atoms. The number of aliphatic carboxylic acids is 1. The highest BCUT2D eigenvalue weighted by Gasteiger charge is 2.39. The molecule has 0 spiro atoms. The van der Waals surface area contributed by atoms with E-state index in [0.29, 0.717) is 18.4 Å². The lowest BCUT2D eigenvalue weighted by atomic mass is 9.98. The van der Waals surface area contributed by atoms with Crippen LogP contribution >= 0.6 is 0 Å². The van der Waals surface area contributed by atoms with Crippen LogP contribution in [0.1, 0.15) is 78.7 Å². The van der Waals surface area contributed by atoms with Gasteiger partial charge in [-0.15, -0.1) is 0 Å². The van der Waals surface area contributed by atoms with Gasteiger partial charge in [-0.05, 0) is 51.5 Å². The van der Waals surface area contributed by atoms with Gasteiger partial charge in [0.1, 0.15) is 48.3 Å². The Kier molecular flexibility index (Phi) is 23.6. The number of nitrogens with one attached hydrogen (secondary N) is 7. The molecule has 0 bridgehead atoms. The van der Waals surface area contributed by atoms with Gasteiger partial charge < -0.3 is 79.7 Å². The summed E-state index contributed by atoms with van der Waals surface area (Å²) >= 11 is 0. The number of benzene rings is 1. The first-order chi connectivity index (χ1) is 32.3. The summed E-state index contributed by atoms with van der Waals surface area (Å²) in [5, 5.41) is 56.8. The average Bonchev–Trinajstić information content (AvgIpc) is 3.78. The van der Waals surface area contributed by atoms with E-state index in [1.807, 2.05) is 0 Å². The average molecular weight is 978 g/mol. The van der Waals surface area contributed by atoms with Crippen LogP contribution in [0.5, 0.6) is 0 Å². The number of carboxylic acids is 1. The third kappa shape index (κ3) is 18.7. The Bertz CT molecular complexity index is 2000. The molecule has 12 atom stereocenters. The number of rotatable bonds is 28. The van der Waals surface area contributed by atoms with Crippen LogP contribution in [-0.4, -0.2) is 170 Å². The van der Waals surface area contributed by atoms with Crippen molar-refractivity contribution in [3.8, 4) is 0 Å². The third-order valence-corrected chi connectivity index (χ3v) is 11.3. The molecule has 1 heterocycles. The van der Waals surface area contributed by atoms with E-state index in [2.05, 4.69) is 37.2 Å². The van der Waals surface area contributed by atoms with E-state index >= 15 is 0 Å². The number of nitrogens with zero attached hydrogens (tertiary/aromatic N) is 1. The van der Waals surface area contributed by atoms with Gasteiger partial charge in [0.25, 0.3) is 0 Å². The Morgan fingerprint density at radius 2 is 1.20 bits per heavy atom. The van der Waals surface area contributed by atoms with Crippen molar-refractivity contribution < 1.29 is 73.2 Å². The standard InChI is InChI=1S/C43H67N11O15/c1-6-20(2)33(43(68)69)52-36(61)25(14-15-29(44)58)48-37(62)27(18-30(45)59)50-41(66)35(23(5)57)53-38(63)26(17-24-11-8-7-9-12-24)49-40(65)34(22(4)56)51-31(60)19-47-39(64)28-13-10-16-54(28)42(67)32(46)21(3)55/h7-9,11-12,20-23,25-28,32-35,55-57H,6,10,13-19,46H2,1-5H3,(H2,44,58)(H2,45,59)(H,47,64)(H,48,62)(H,49,65)(H,50,66)(H,51,60)(H,52,61)(H,53,63)(H,68,69)/t20-,21+,22+,23+,25-,26-,27-,28-,32-,33-,34-,35-/m0/s1. The van der Waals surface area contributed by atoms with E-state index in [1.165, 1.54) is 11.8 Å². The van der Waals surface area contributed by atoms with Crippen LogP contribution in [0, 0.1) is 5.92 Å². The molecule has 0 unspecified atom stereocenters. The number of aliphatic hydroxyl groups is 3. The largest absolute Gasteiger partial charge is 0.480 e. The minimum absolute atomic E-state index is 0.182. The molecule has 1 aliphatic rings. The molecule has 0 aliphatic carbocycles. The summed E-state index contributed by atoms with van der Waals surface area (Å²) in [6, 6.07) is -4.34. The highest BCUT2D eigenvalue weighted by molar-refractivity contribution is 5.99. The first-order valence-corrected chi connectivity index (χ1v) is 22.3. The second-order valence-corrected chi connectivity index (χ2v) is 16.9. The molecule has 2 rings (SSSR count). The van der Waals surface area contributed by atoms with Crippen LogP contribution in [0.3, 0.4) is 0 Å². The fourth-order valence-corrected chi connectivity index (χ4v) is 7.03. The van der Waals surface area contributed by atoms with E-state index in [1.54, 1.807) is 44.2 Å². The van der Waals surface area contributed by atoms with Crippen molar-refractivity contribution in [2.45, 2.75) is 146 Å². The molecule has 26 nitrogen and oxygen atoms in total. The number of nitrogens with two attached hydrogens (primary N) is 3. The van der Waals surface area contributed by atoms with Gasteiger partial charge in [-0.3, -0.25) is 47.9 Å². The number of hydrogen-bond acceptors (Lipinski definition) is 15. The first kappa shape index (κ1) is 58.4. The van der Waals surface area contributed by atoms with Gasteiger partial charge in [-0.2, -0.15) is 0 Å². The van der Waals surface area contributed by atoms with Gasteiger partial charge in [0, 0.05) is 19.4 Å². The Morgan fingerprint density at radius 1 is 0.681 bits per heavy atom. The highest BCUT2D eigenvalue weighted by atomic mass is 16.4. The monoisotopic (exact) mass is 977 g/mol. The summed E-state index contributed by atoms with van der Waals surface area (Å²) in [7, 11) is 0. The molecule has 0 radical (unpaired) electrons. The van der Waals surface area contributed by atoms with E-state index in [4.69, 9.17) is 17.2 Å². The lowest BCUT2D eigenvalue weighted by molar-refractivity contribution is -0.144. The Hall–Kier alpha value is -6.77. The molecule has 1 fully saturated rings.